The number of aromatic nitrogens is 2. The molecule has 0 aliphatic heterocycles. The van der Waals surface area contributed by atoms with Crippen molar-refractivity contribution in [3.8, 4) is 5.69 Å². The average molecular weight is 357 g/mol. The summed E-state index contributed by atoms with van der Waals surface area (Å²) in [5.74, 6) is 0.372. The van der Waals surface area contributed by atoms with E-state index in [0.717, 1.165) is 15.5 Å². The minimum Gasteiger partial charge on any atom is -0.369 e. The number of hydrogen-bond donors (Lipinski definition) is 1. The van der Waals surface area contributed by atoms with Crippen LogP contribution < -0.4 is 5.73 Å². The number of fused-ring (bicyclic) bond motifs is 1. The lowest BCUT2D eigenvalue weighted by Crippen LogP contribution is -2.01. The van der Waals surface area contributed by atoms with E-state index in [4.69, 9.17) is 28.9 Å². The summed E-state index contributed by atoms with van der Waals surface area (Å²) in [6.45, 7) is 0. The highest BCUT2D eigenvalue weighted by Crippen LogP contribution is 2.31. The van der Waals surface area contributed by atoms with Crippen LogP contribution in [0.3, 0.4) is 0 Å². The van der Waals surface area contributed by atoms with Gasteiger partial charge in [0.15, 0.2) is 0 Å². The quantitative estimate of drug-likeness (QED) is 0.688. The molecule has 0 radical (unpaired) electrons. The highest BCUT2D eigenvalue weighted by Gasteiger charge is 2.13. The van der Waals surface area contributed by atoms with Gasteiger partial charge in [0.25, 0.3) is 0 Å². The number of nitrogens with two attached hydrogens (primary N) is 1. The Morgan fingerprint density at radius 3 is 2.68 bits per heavy atom. The van der Waals surface area contributed by atoms with E-state index in [9.17, 15) is 0 Å². The number of benzene rings is 2. The topological polar surface area (TPSA) is 43.8 Å². The van der Waals surface area contributed by atoms with Crippen LogP contribution in [-0.2, 0) is 0 Å². The Morgan fingerprint density at radius 2 is 1.89 bits per heavy atom. The summed E-state index contributed by atoms with van der Waals surface area (Å²) in [4.78, 5) is 4.32. The van der Waals surface area contributed by atoms with Crippen molar-refractivity contribution in [2.75, 3.05) is 5.73 Å². The number of halogens is 3. The molecule has 0 atom stereocenters. The van der Waals surface area contributed by atoms with Gasteiger partial charge in [0.05, 0.1) is 21.7 Å². The number of anilines is 1. The Hall–Kier alpha value is -1.23. The molecule has 0 spiro atoms. The van der Waals surface area contributed by atoms with Crippen molar-refractivity contribution < 1.29 is 0 Å². The number of imidazole rings is 1. The van der Waals surface area contributed by atoms with Gasteiger partial charge in [-0.15, -0.1) is 0 Å². The summed E-state index contributed by atoms with van der Waals surface area (Å²) in [7, 11) is 0. The zero-order chi connectivity index (χ0) is 13.6. The third-order valence-corrected chi connectivity index (χ3v) is 3.84. The fraction of sp³-hybridized carbons (Fsp3) is 0. The van der Waals surface area contributed by atoms with Gasteiger partial charge < -0.3 is 5.73 Å². The van der Waals surface area contributed by atoms with Crippen molar-refractivity contribution in [2.45, 2.75) is 0 Å². The lowest BCUT2D eigenvalue weighted by Gasteiger charge is -2.09. The van der Waals surface area contributed by atoms with E-state index in [2.05, 4.69) is 20.9 Å². The highest BCUT2D eigenvalue weighted by molar-refractivity contribution is 9.10. The molecule has 1 aromatic heterocycles. The van der Waals surface area contributed by atoms with Crippen LogP contribution in [0.4, 0.5) is 5.95 Å². The van der Waals surface area contributed by atoms with Crippen LogP contribution in [0.2, 0.25) is 10.0 Å². The fourth-order valence-corrected chi connectivity index (χ4v) is 2.69. The lowest BCUT2D eigenvalue weighted by atomic mass is 10.3. The molecule has 3 rings (SSSR count). The van der Waals surface area contributed by atoms with Gasteiger partial charge in [-0.1, -0.05) is 39.1 Å². The Balaban J connectivity index is 2.38. The summed E-state index contributed by atoms with van der Waals surface area (Å²) < 4.78 is 2.73. The minimum absolute atomic E-state index is 0.372. The second-order valence-electron chi connectivity index (χ2n) is 4.03. The second kappa shape index (κ2) is 4.71. The molecule has 0 saturated heterocycles. The first-order valence-corrected chi connectivity index (χ1v) is 7.00. The van der Waals surface area contributed by atoms with E-state index in [1.165, 1.54) is 0 Å². The van der Waals surface area contributed by atoms with Crippen LogP contribution in [0.15, 0.2) is 40.9 Å². The van der Waals surface area contributed by atoms with Crippen molar-refractivity contribution in [2.24, 2.45) is 0 Å². The third-order valence-electron chi connectivity index (χ3n) is 2.79. The Labute approximate surface area is 128 Å². The predicted octanol–water partition coefficient (Wildman–Crippen LogP) is 4.68. The fourth-order valence-electron chi connectivity index (χ4n) is 1.98. The summed E-state index contributed by atoms with van der Waals surface area (Å²) in [5, 5.41) is 1.16. The molecule has 2 aromatic carbocycles. The smallest absolute Gasteiger partial charge is 0.205 e. The first kappa shape index (κ1) is 12.8. The Morgan fingerprint density at radius 1 is 1.11 bits per heavy atom. The largest absolute Gasteiger partial charge is 0.369 e. The Kier molecular flexibility index (Phi) is 3.17. The van der Waals surface area contributed by atoms with E-state index in [-0.39, 0.29) is 0 Å². The van der Waals surface area contributed by atoms with Crippen LogP contribution in [0.5, 0.6) is 0 Å². The lowest BCUT2D eigenvalue weighted by molar-refractivity contribution is 1.11. The monoisotopic (exact) mass is 355 g/mol. The number of rotatable bonds is 1. The molecule has 19 heavy (non-hydrogen) atoms. The minimum atomic E-state index is 0.372. The number of hydrogen-bond acceptors (Lipinski definition) is 2. The first-order valence-electron chi connectivity index (χ1n) is 5.45. The summed E-state index contributed by atoms with van der Waals surface area (Å²) in [6, 6.07) is 11.0. The highest BCUT2D eigenvalue weighted by atomic mass is 79.9. The van der Waals surface area contributed by atoms with Gasteiger partial charge in [-0.05, 0) is 36.4 Å². The van der Waals surface area contributed by atoms with E-state index < -0.39 is 0 Å². The maximum Gasteiger partial charge on any atom is 0.205 e. The van der Waals surface area contributed by atoms with Crippen molar-refractivity contribution >= 4 is 56.1 Å². The third kappa shape index (κ3) is 2.20. The van der Waals surface area contributed by atoms with Crippen molar-refractivity contribution in [3.63, 3.8) is 0 Å². The second-order valence-corrected chi connectivity index (χ2v) is 5.79. The van der Waals surface area contributed by atoms with Gasteiger partial charge in [-0.25, -0.2) is 4.98 Å². The standard InChI is InChI=1S/C13H8BrCl2N3/c14-7-1-4-10-12(5-7)19(13(17)18-10)11-6-8(15)2-3-9(11)16/h1-6H,(H2,17,18). The van der Waals surface area contributed by atoms with Gasteiger partial charge in [0.1, 0.15) is 0 Å². The molecule has 0 aliphatic carbocycles. The predicted molar refractivity (Wildman–Crippen MR) is 83.2 cm³/mol. The molecule has 0 fully saturated rings. The van der Waals surface area contributed by atoms with Gasteiger partial charge >= 0.3 is 0 Å². The molecule has 6 heteroatoms. The van der Waals surface area contributed by atoms with Crippen LogP contribution in [0.25, 0.3) is 16.7 Å². The number of nitrogens with zero attached hydrogens (tertiary/aromatic N) is 2. The molecule has 0 bridgehead atoms. The maximum absolute atomic E-state index is 6.23. The molecular weight excluding hydrogens is 349 g/mol. The molecule has 0 unspecified atom stereocenters. The Bertz CT molecular complexity index is 783. The van der Waals surface area contributed by atoms with Crippen LogP contribution in [0.1, 0.15) is 0 Å². The molecule has 0 amide bonds. The summed E-state index contributed by atoms with van der Waals surface area (Å²) in [6.07, 6.45) is 0. The molecule has 1 heterocycles. The molecular formula is C13H8BrCl2N3. The average Bonchev–Trinajstić information content (AvgIpc) is 2.68. The maximum atomic E-state index is 6.23. The molecule has 2 N–H and O–H groups in total. The van der Waals surface area contributed by atoms with Gasteiger partial charge in [0.2, 0.25) is 5.95 Å². The number of nitrogen functional groups attached to an aromatic ring is 1. The van der Waals surface area contributed by atoms with Gasteiger partial charge in [-0.3, -0.25) is 4.57 Å². The van der Waals surface area contributed by atoms with Crippen molar-refractivity contribution in [1.82, 2.24) is 9.55 Å². The zero-order valence-corrected chi connectivity index (χ0v) is 12.7. The van der Waals surface area contributed by atoms with Gasteiger partial charge in [-0.2, -0.15) is 0 Å². The van der Waals surface area contributed by atoms with E-state index in [1.54, 1.807) is 22.8 Å². The van der Waals surface area contributed by atoms with Gasteiger partial charge in [0, 0.05) is 9.50 Å². The zero-order valence-electron chi connectivity index (χ0n) is 9.57. The SMILES string of the molecule is Nc1nc2ccc(Br)cc2n1-c1cc(Cl)ccc1Cl. The normalized spacial score (nSPS) is 11.1. The first-order chi connectivity index (χ1) is 9.06. The summed E-state index contributed by atoms with van der Waals surface area (Å²) in [5.41, 5.74) is 8.38. The van der Waals surface area contributed by atoms with E-state index >= 15 is 0 Å². The summed E-state index contributed by atoms with van der Waals surface area (Å²) >= 11 is 15.7. The van der Waals surface area contributed by atoms with Crippen LogP contribution in [-0.4, -0.2) is 9.55 Å². The van der Waals surface area contributed by atoms with Crippen LogP contribution >= 0.6 is 39.1 Å². The van der Waals surface area contributed by atoms with Crippen molar-refractivity contribution in [3.05, 3.63) is 50.9 Å². The van der Waals surface area contributed by atoms with Crippen molar-refractivity contribution in [1.29, 1.82) is 0 Å². The molecule has 3 aromatic rings. The van der Waals surface area contributed by atoms with E-state index in [1.807, 2.05) is 18.2 Å². The van der Waals surface area contributed by atoms with E-state index in [0.29, 0.717) is 21.7 Å². The molecule has 0 aliphatic rings. The molecule has 0 saturated carbocycles. The molecule has 3 nitrogen and oxygen atoms in total. The van der Waals surface area contributed by atoms with Crippen LogP contribution in [0, 0.1) is 0 Å². The molecule has 96 valence electrons.